The molecular formula is C18H14N2O3S. The Bertz CT molecular complexity index is 885. The van der Waals surface area contributed by atoms with Gasteiger partial charge in [-0.1, -0.05) is 18.2 Å². The van der Waals surface area contributed by atoms with Gasteiger partial charge in [0.25, 0.3) is 0 Å². The molecule has 0 spiro atoms. The first-order valence-corrected chi connectivity index (χ1v) is 8.37. The number of thiophene rings is 1. The van der Waals surface area contributed by atoms with Crippen molar-refractivity contribution in [3.63, 3.8) is 0 Å². The molecule has 5 nitrogen and oxygen atoms in total. The van der Waals surface area contributed by atoms with E-state index in [1.54, 1.807) is 41.7 Å². The Labute approximate surface area is 142 Å². The molecule has 1 aliphatic rings. The Balaban J connectivity index is 1.73. The second-order valence-corrected chi connectivity index (χ2v) is 6.41. The summed E-state index contributed by atoms with van der Waals surface area (Å²) in [6.45, 7) is 0. The topological polar surface area (TPSA) is 66.0 Å². The Morgan fingerprint density at radius 1 is 1.25 bits per heavy atom. The number of phenolic OH excluding ortho intramolecular Hbond substituents is 1. The summed E-state index contributed by atoms with van der Waals surface area (Å²) in [6.07, 6.45) is 2.06. The van der Waals surface area contributed by atoms with Crippen LogP contribution in [0.5, 0.6) is 5.75 Å². The van der Waals surface area contributed by atoms with Crippen molar-refractivity contribution >= 4 is 23.0 Å². The lowest BCUT2D eigenvalue weighted by Gasteiger charge is -2.21. The molecule has 3 aromatic rings. The molecule has 0 saturated carbocycles. The van der Waals surface area contributed by atoms with Gasteiger partial charge in [0.2, 0.25) is 0 Å². The van der Waals surface area contributed by atoms with E-state index in [9.17, 15) is 9.90 Å². The number of aromatic hydroxyl groups is 1. The Morgan fingerprint density at radius 2 is 2.17 bits per heavy atom. The van der Waals surface area contributed by atoms with Crippen molar-refractivity contribution < 1.29 is 14.3 Å². The van der Waals surface area contributed by atoms with Crippen molar-refractivity contribution in [2.75, 3.05) is 0 Å². The number of hydrogen-bond acceptors (Lipinski definition) is 5. The van der Waals surface area contributed by atoms with Crippen LogP contribution in [0.1, 0.15) is 33.5 Å². The number of benzene rings is 1. The van der Waals surface area contributed by atoms with Crippen LogP contribution in [-0.2, 0) is 0 Å². The van der Waals surface area contributed by atoms with Crippen molar-refractivity contribution in [2.24, 2.45) is 5.10 Å². The molecule has 0 fully saturated rings. The van der Waals surface area contributed by atoms with Crippen molar-refractivity contribution in [3.05, 3.63) is 76.4 Å². The van der Waals surface area contributed by atoms with Gasteiger partial charge in [0.05, 0.1) is 22.9 Å². The van der Waals surface area contributed by atoms with E-state index in [2.05, 4.69) is 5.10 Å². The standard InChI is InChI=1S/C18H14N2O3S/c21-13-5-1-4-12(10-13)15-11-14(17-7-3-9-24-17)19-20(15)18(22)16-6-2-8-23-16/h1-10,15,21H,11H2. The third kappa shape index (κ3) is 2.61. The van der Waals surface area contributed by atoms with Gasteiger partial charge in [-0.05, 0) is 41.3 Å². The van der Waals surface area contributed by atoms with Gasteiger partial charge in [0.1, 0.15) is 5.75 Å². The molecule has 4 rings (SSSR count). The SMILES string of the molecule is O=C(c1ccco1)N1N=C(c2cccs2)CC1c1cccc(O)c1. The molecule has 0 bridgehead atoms. The second-order valence-electron chi connectivity index (χ2n) is 5.47. The van der Waals surface area contributed by atoms with Gasteiger partial charge in [0.15, 0.2) is 5.76 Å². The lowest BCUT2D eigenvalue weighted by Crippen LogP contribution is -2.26. The molecule has 1 aromatic carbocycles. The lowest BCUT2D eigenvalue weighted by molar-refractivity contribution is 0.0678. The number of amides is 1. The number of nitrogens with zero attached hydrogens (tertiary/aromatic N) is 2. The first kappa shape index (κ1) is 14.7. The first-order valence-electron chi connectivity index (χ1n) is 7.50. The summed E-state index contributed by atoms with van der Waals surface area (Å²) >= 11 is 1.59. The van der Waals surface area contributed by atoms with Gasteiger partial charge in [0, 0.05) is 6.42 Å². The van der Waals surface area contributed by atoms with E-state index < -0.39 is 0 Å². The zero-order valence-electron chi connectivity index (χ0n) is 12.6. The van der Waals surface area contributed by atoms with Gasteiger partial charge >= 0.3 is 5.91 Å². The molecule has 3 heterocycles. The van der Waals surface area contributed by atoms with Crippen LogP contribution in [0.15, 0.2) is 69.7 Å². The molecule has 1 N–H and O–H groups in total. The summed E-state index contributed by atoms with van der Waals surface area (Å²) in [5.74, 6) is 0.124. The number of carbonyl (C=O) groups excluding carboxylic acids is 1. The molecule has 1 unspecified atom stereocenters. The van der Waals surface area contributed by atoms with Crippen molar-refractivity contribution in [3.8, 4) is 5.75 Å². The van der Waals surface area contributed by atoms with E-state index in [4.69, 9.17) is 4.42 Å². The second kappa shape index (κ2) is 5.98. The minimum absolute atomic E-state index is 0.169. The zero-order chi connectivity index (χ0) is 16.5. The van der Waals surface area contributed by atoms with Crippen LogP contribution in [0.3, 0.4) is 0 Å². The summed E-state index contributed by atoms with van der Waals surface area (Å²) in [7, 11) is 0. The van der Waals surface area contributed by atoms with Gasteiger partial charge in [-0.3, -0.25) is 4.79 Å². The van der Waals surface area contributed by atoms with E-state index in [-0.39, 0.29) is 23.5 Å². The smallest absolute Gasteiger partial charge is 0.310 e. The minimum Gasteiger partial charge on any atom is -0.508 e. The van der Waals surface area contributed by atoms with E-state index in [1.165, 1.54) is 11.3 Å². The molecule has 6 heteroatoms. The monoisotopic (exact) mass is 338 g/mol. The van der Waals surface area contributed by atoms with Crippen LogP contribution < -0.4 is 0 Å². The van der Waals surface area contributed by atoms with Crippen LogP contribution in [0.25, 0.3) is 0 Å². The molecule has 24 heavy (non-hydrogen) atoms. The molecule has 0 saturated heterocycles. The largest absolute Gasteiger partial charge is 0.508 e. The molecular weight excluding hydrogens is 324 g/mol. The summed E-state index contributed by atoms with van der Waals surface area (Å²) in [5, 5.41) is 17.7. The average Bonchev–Trinajstić information content (AvgIpc) is 3.34. The molecule has 1 amide bonds. The summed E-state index contributed by atoms with van der Waals surface area (Å²) in [4.78, 5) is 13.8. The van der Waals surface area contributed by atoms with Crippen LogP contribution in [0.4, 0.5) is 0 Å². The van der Waals surface area contributed by atoms with Crippen molar-refractivity contribution in [1.29, 1.82) is 0 Å². The van der Waals surface area contributed by atoms with Crippen LogP contribution in [0, 0.1) is 0 Å². The van der Waals surface area contributed by atoms with Gasteiger partial charge < -0.3 is 9.52 Å². The highest BCUT2D eigenvalue weighted by Crippen LogP contribution is 2.35. The third-order valence-electron chi connectivity index (χ3n) is 3.91. The first-order chi connectivity index (χ1) is 11.7. The molecule has 120 valence electrons. The van der Waals surface area contributed by atoms with Gasteiger partial charge in [-0.2, -0.15) is 5.10 Å². The number of rotatable bonds is 3. The zero-order valence-corrected chi connectivity index (χ0v) is 13.4. The normalized spacial score (nSPS) is 17.1. The van der Waals surface area contributed by atoms with Crippen molar-refractivity contribution in [1.82, 2.24) is 5.01 Å². The van der Waals surface area contributed by atoms with E-state index in [0.717, 1.165) is 16.2 Å². The predicted octanol–water partition coefficient (Wildman–Crippen LogP) is 4.04. The molecule has 1 atom stereocenters. The molecule has 0 aliphatic carbocycles. The average molecular weight is 338 g/mol. The predicted molar refractivity (Wildman–Crippen MR) is 91.2 cm³/mol. The van der Waals surface area contributed by atoms with Crippen LogP contribution in [0.2, 0.25) is 0 Å². The quantitative estimate of drug-likeness (QED) is 0.784. The molecule has 1 aliphatic heterocycles. The lowest BCUT2D eigenvalue weighted by atomic mass is 10.0. The number of furan rings is 1. The van der Waals surface area contributed by atoms with Crippen LogP contribution >= 0.6 is 11.3 Å². The summed E-state index contributed by atoms with van der Waals surface area (Å²) in [6, 6.07) is 13.9. The van der Waals surface area contributed by atoms with E-state index in [1.807, 2.05) is 23.6 Å². The number of hydrazone groups is 1. The highest BCUT2D eigenvalue weighted by atomic mass is 32.1. The summed E-state index contributed by atoms with van der Waals surface area (Å²) in [5.41, 5.74) is 1.70. The molecule has 0 radical (unpaired) electrons. The third-order valence-corrected chi connectivity index (χ3v) is 4.83. The fraction of sp³-hybridized carbons (Fsp3) is 0.111. The highest BCUT2D eigenvalue weighted by Gasteiger charge is 2.35. The van der Waals surface area contributed by atoms with E-state index >= 15 is 0 Å². The maximum atomic E-state index is 12.8. The van der Waals surface area contributed by atoms with E-state index in [0.29, 0.717) is 6.42 Å². The minimum atomic E-state index is -0.292. The Kier molecular flexibility index (Phi) is 3.66. The van der Waals surface area contributed by atoms with Crippen molar-refractivity contribution in [2.45, 2.75) is 12.5 Å². The maximum absolute atomic E-state index is 12.8. The van der Waals surface area contributed by atoms with Crippen LogP contribution in [-0.4, -0.2) is 21.7 Å². The maximum Gasteiger partial charge on any atom is 0.310 e. The Hall–Kier alpha value is -2.86. The summed E-state index contributed by atoms with van der Waals surface area (Å²) < 4.78 is 5.23. The number of hydrogen-bond donors (Lipinski definition) is 1. The number of phenols is 1. The number of carbonyl (C=O) groups is 1. The Morgan fingerprint density at radius 3 is 2.88 bits per heavy atom. The fourth-order valence-corrected chi connectivity index (χ4v) is 3.52. The highest BCUT2D eigenvalue weighted by molar-refractivity contribution is 7.12. The fourth-order valence-electron chi connectivity index (χ4n) is 2.79. The molecule has 2 aromatic heterocycles. The van der Waals surface area contributed by atoms with Gasteiger partial charge in [-0.25, -0.2) is 5.01 Å². The van der Waals surface area contributed by atoms with Gasteiger partial charge in [-0.15, -0.1) is 11.3 Å².